The standard InChI is InChI=1S/C12H16O3S/c1-9(16(2,14)15)12(7-8-12)10-3-5-11(13)6-4-10/h3-6,9,13H,7-8H2,1-2H3. The van der Waals surface area contributed by atoms with E-state index in [0.717, 1.165) is 18.4 Å². The van der Waals surface area contributed by atoms with Gasteiger partial charge in [-0.05, 0) is 37.5 Å². The molecule has 4 heteroatoms. The molecule has 0 heterocycles. The van der Waals surface area contributed by atoms with E-state index in [1.54, 1.807) is 19.1 Å². The second-order valence-electron chi connectivity index (χ2n) is 4.67. The summed E-state index contributed by atoms with van der Waals surface area (Å²) in [5.41, 5.74) is 0.796. The Morgan fingerprint density at radius 1 is 1.25 bits per heavy atom. The topological polar surface area (TPSA) is 54.4 Å². The molecule has 1 N–H and O–H groups in total. The highest BCUT2D eigenvalue weighted by Crippen LogP contribution is 2.53. The lowest BCUT2D eigenvalue weighted by atomic mass is 9.93. The molecule has 0 amide bonds. The highest BCUT2D eigenvalue weighted by atomic mass is 32.2. The molecule has 3 nitrogen and oxygen atoms in total. The van der Waals surface area contributed by atoms with Crippen LogP contribution in [0.2, 0.25) is 0 Å². The molecule has 16 heavy (non-hydrogen) atoms. The van der Waals surface area contributed by atoms with Gasteiger partial charge < -0.3 is 5.11 Å². The number of phenolic OH excluding ortho intramolecular Hbond substituents is 1. The number of hydrogen-bond donors (Lipinski definition) is 1. The van der Waals surface area contributed by atoms with Crippen molar-refractivity contribution in [3.63, 3.8) is 0 Å². The fourth-order valence-electron chi connectivity index (χ4n) is 2.27. The predicted octanol–water partition coefficient (Wildman–Crippen LogP) is 1.86. The zero-order valence-corrected chi connectivity index (χ0v) is 10.3. The molecular weight excluding hydrogens is 224 g/mol. The second-order valence-corrected chi connectivity index (χ2v) is 7.04. The van der Waals surface area contributed by atoms with Crippen molar-refractivity contribution in [3.05, 3.63) is 29.8 Å². The van der Waals surface area contributed by atoms with Gasteiger partial charge in [-0.1, -0.05) is 12.1 Å². The van der Waals surface area contributed by atoms with Crippen molar-refractivity contribution in [2.45, 2.75) is 30.4 Å². The van der Waals surface area contributed by atoms with E-state index in [-0.39, 0.29) is 16.4 Å². The molecule has 1 unspecified atom stereocenters. The third kappa shape index (κ3) is 1.82. The summed E-state index contributed by atoms with van der Waals surface area (Å²) in [4.78, 5) is 0. The van der Waals surface area contributed by atoms with E-state index in [2.05, 4.69) is 0 Å². The number of benzene rings is 1. The average molecular weight is 240 g/mol. The van der Waals surface area contributed by atoms with Gasteiger partial charge in [0.2, 0.25) is 0 Å². The van der Waals surface area contributed by atoms with E-state index in [1.807, 2.05) is 12.1 Å². The third-order valence-corrected chi connectivity index (χ3v) is 5.39. The molecule has 0 aromatic heterocycles. The number of phenols is 1. The summed E-state index contributed by atoms with van der Waals surface area (Å²) in [5.74, 6) is 0.214. The second kappa shape index (κ2) is 3.48. The van der Waals surface area contributed by atoms with Crippen LogP contribution in [0.3, 0.4) is 0 Å². The van der Waals surface area contributed by atoms with E-state index in [9.17, 15) is 13.5 Å². The Balaban J connectivity index is 2.37. The van der Waals surface area contributed by atoms with E-state index < -0.39 is 9.84 Å². The smallest absolute Gasteiger partial charge is 0.150 e. The van der Waals surface area contributed by atoms with Gasteiger partial charge in [-0.15, -0.1) is 0 Å². The lowest BCUT2D eigenvalue weighted by Gasteiger charge is -2.22. The van der Waals surface area contributed by atoms with Crippen molar-refractivity contribution in [2.75, 3.05) is 6.26 Å². The minimum atomic E-state index is -3.02. The SMILES string of the molecule is CC(C1(c2ccc(O)cc2)CC1)S(C)(=O)=O. The Morgan fingerprint density at radius 2 is 1.75 bits per heavy atom. The van der Waals surface area contributed by atoms with Crippen LogP contribution in [0.4, 0.5) is 0 Å². The molecule has 0 spiro atoms. The van der Waals surface area contributed by atoms with Crippen molar-refractivity contribution in [1.29, 1.82) is 0 Å². The van der Waals surface area contributed by atoms with Crippen LogP contribution in [0.25, 0.3) is 0 Å². The van der Waals surface area contributed by atoms with Crippen molar-refractivity contribution in [1.82, 2.24) is 0 Å². The summed E-state index contributed by atoms with van der Waals surface area (Å²) in [6.07, 6.45) is 3.11. The maximum atomic E-state index is 11.6. The van der Waals surface area contributed by atoms with Gasteiger partial charge in [0.05, 0.1) is 5.25 Å². The first-order chi connectivity index (χ1) is 7.36. The van der Waals surface area contributed by atoms with E-state index in [4.69, 9.17) is 0 Å². The van der Waals surface area contributed by atoms with Gasteiger partial charge in [0, 0.05) is 11.7 Å². The normalized spacial score (nSPS) is 20.4. The van der Waals surface area contributed by atoms with Crippen molar-refractivity contribution < 1.29 is 13.5 Å². The highest BCUT2D eigenvalue weighted by Gasteiger charge is 2.52. The predicted molar refractivity (Wildman–Crippen MR) is 63.3 cm³/mol. The quantitative estimate of drug-likeness (QED) is 0.877. The van der Waals surface area contributed by atoms with Crippen molar-refractivity contribution in [2.24, 2.45) is 0 Å². The van der Waals surface area contributed by atoms with Gasteiger partial charge in [-0.3, -0.25) is 0 Å². The zero-order valence-electron chi connectivity index (χ0n) is 9.47. The molecule has 0 saturated heterocycles. The molecule has 88 valence electrons. The molecule has 1 aliphatic rings. The molecule has 1 aliphatic carbocycles. The van der Waals surface area contributed by atoms with Crippen LogP contribution >= 0.6 is 0 Å². The van der Waals surface area contributed by atoms with Gasteiger partial charge >= 0.3 is 0 Å². The summed E-state index contributed by atoms with van der Waals surface area (Å²) >= 11 is 0. The van der Waals surface area contributed by atoms with Crippen molar-refractivity contribution in [3.8, 4) is 5.75 Å². The lowest BCUT2D eigenvalue weighted by molar-refractivity contribution is 0.474. The minimum Gasteiger partial charge on any atom is -0.508 e. The largest absolute Gasteiger partial charge is 0.508 e. The van der Waals surface area contributed by atoms with Crippen LogP contribution in [0, 0.1) is 0 Å². The highest BCUT2D eigenvalue weighted by molar-refractivity contribution is 7.91. The average Bonchev–Trinajstić information content (AvgIpc) is 2.97. The monoisotopic (exact) mass is 240 g/mol. The maximum Gasteiger partial charge on any atom is 0.150 e. The molecule has 1 aromatic rings. The van der Waals surface area contributed by atoms with Crippen LogP contribution in [0.5, 0.6) is 5.75 Å². The third-order valence-electron chi connectivity index (χ3n) is 3.65. The molecular formula is C12H16O3S. The molecule has 0 aliphatic heterocycles. The van der Waals surface area contributed by atoms with Crippen LogP contribution in [0.15, 0.2) is 24.3 Å². The zero-order chi connectivity index (χ0) is 12.0. The summed E-state index contributed by atoms with van der Waals surface area (Å²) in [7, 11) is -3.02. The maximum absolute atomic E-state index is 11.6. The Labute approximate surface area is 96.0 Å². The van der Waals surface area contributed by atoms with Gasteiger partial charge in [-0.25, -0.2) is 8.42 Å². The molecule has 0 radical (unpaired) electrons. The van der Waals surface area contributed by atoms with E-state index in [0.29, 0.717) is 0 Å². The van der Waals surface area contributed by atoms with Gasteiger partial charge in [0.1, 0.15) is 5.75 Å². The number of sulfone groups is 1. The molecule has 0 bridgehead atoms. The van der Waals surface area contributed by atoms with Crippen LogP contribution in [-0.4, -0.2) is 25.0 Å². The Bertz CT molecular complexity index is 484. The molecule has 1 fully saturated rings. The number of hydrogen-bond acceptors (Lipinski definition) is 3. The van der Waals surface area contributed by atoms with Gasteiger partial charge in [-0.2, -0.15) is 0 Å². The molecule has 1 atom stereocenters. The van der Waals surface area contributed by atoms with E-state index in [1.165, 1.54) is 6.26 Å². The Hall–Kier alpha value is -1.03. The lowest BCUT2D eigenvalue weighted by Crippen LogP contribution is -2.30. The minimum absolute atomic E-state index is 0.214. The summed E-state index contributed by atoms with van der Waals surface area (Å²) in [5, 5.41) is 8.87. The summed E-state index contributed by atoms with van der Waals surface area (Å²) in [6, 6.07) is 6.88. The summed E-state index contributed by atoms with van der Waals surface area (Å²) < 4.78 is 23.2. The first-order valence-electron chi connectivity index (χ1n) is 5.35. The Morgan fingerprint density at radius 3 is 2.12 bits per heavy atom. The molecule has 2 rings (SSSR count). The Kier molecular flexibility index (Phi) is 2.49. The number of rotatable bonds is 3. The first-order valence-corrected chi connectivity index (χ1v) is 7.30. The fraction of sp³-hybridized carbons (Fsp3) is 0.500. The molecule has 1 aromatic carbocycles. The van der Waals surface area contributed by atoms with Crippen LogP contribution in [-0.2, 0) is 15.3 Å². The first kappa shape index (κ1) is 11.5. The van der Waals surface area contributed by atoms with E-state index >= 15 is 0 Å². The fourth-order valence-corrected chi connectivity index (χ4v) is 3.46. The molecule has 1 saturated carbocycles. The summed E-state index contributed by atoms with van der Waals surface area (Å²) in [6.45, 7) is 1.77. The van der Waals surface area contributed by atoms with Crippen LogP contribution in [0.1, 0.15) is 25.3 Å². The van der Waals surface area contributed by atoms with Crippen molar-refractivity contribution >= 4 is 9.84 Å². The van der Waals surface area contributed by atoms with Crippen LogP contribution < -0.4 is 0 Å². The number of aromatic hydroxyl groups is 1. The van der Waals surface area contributed by atoms with Gasteiger partial charge in [0.25, 0.3) is 0 Å². The van der Waals surface area contributed by atoms with Gasteiger partial charge in [0.15, 0.2) is 9.84 Å².